The Bertz CT molecular complexity index is 1320. The van der Waals surface area contributed by atoms with E-state index in [2.05, 4.69) is 10.3 Å². The molecule has 2 amide bonds. The number of pyridine rings is 1. The number of nitrogens with zero attached hydrogens (tertiary/aromatic N) is 2. The number of nitrogens with one attached hydrogen (secondary N) is 1. The number of rotatable bonds is 4. The molecular weight excluding hydrogens is 434 g/mol. The van der Waals surface area contributed by atoms with Crippen molar-refractivity contribution in [1.29, 1.82) is 0 Å². The summed E-state index contributed by atoms with van der Waals surface area (Å²) in [5, 5.41) is 4.38. The molecule has 1 aliphatic rings. The normalized spacial score (nSPS) is 13.8. The molecule has 5 rings (SSSR count). The van der Waals surface area contributed by atoms with Crippen LogP contribution < -0.4 is 5.32 Å². The lowest BCUT2D eigenvalue weighted by molar-refractivity contribution is 0.0303. The third-order valence-corrected chi connectivity index (χ3v) is 7.07. The van der Waals surface area contributed by atoms with Crippen LogP contribution in [-0.4, -0.2) is 48.0 Å². The molecule has 0 saturated carbocycles. The van der Waals surface area contributed by atoms with Crippen molar-refractivity contribution in [1.82, 2.24) is 9.88 Å². The molecule has 1 fully saturated rings. The van der Waals surface area contributed by atoms with E-state index in [-0.39, 0.29) is 11.8 Å². The predicted octanol–water partition coefficient (Wildman–Crippen LogP) is 5.00. The zero-order valence-electron chi connectivity index (χ0n) is 18.2. The Morgan fingerprint density at radius 3 is 2.58 bits per heavy atom. The van der Waals surface area contributed by atoms with Gasteiger partial charge < -0.3 is 15.0 Å². The summed E-state index contributed by atoms with van der Waals surface area (Å²) in [5.74, 6) is -0.338. The number of ether oxygens (including phenoxy) is 1. The van der Waals surface area contributed by atoms with Crippen molar-refractivity contribution in [2.45, 2.75) is 6.92 Å². The first-order chi connectivity index (χ1) is 16.1. The van der Waals surface area contributed by atoms with Crippen molar-refractivity contribution in [3.63, 3.8) is 0 Å². The van der Waals surface area contributed by atoms with Crippen molar-refractivity contribution >= 4 is 39.1 Å². The number of morpholine rings is 1. The monoisotopic (exact) mass is 457 g/mol. The summed E-state index contributed by atoms with van der Waals surface area (Å²) in [4.78, 5) is 34.0. The summed E-state index contributed by atoms with van der Waals surface area (Å²) in [5.41, 5.74) is 3.72. The van der Waals surface area contributed by atoms with E-state index >= 15 is 0 Å². The Morgan fingerprint density at radius 1 is 1.00 bits per heavy atom. The van der Waals surface area contributed by atoms with Gasteiger partial charge in [-0.2, -0.15) is 0 Å². The van der Waals surface area contributed by atoms with E-state index in [9.17, 15) is 9.59 Å². The number of aromatic nitrogens is 1. The van der Waals surface area contributed by atoms with Gasteiger partial charge in [0.1, 0.15) is 5.00 Å². The van der Waals surface area contributed by atoms with Gasteiger partial charge in [-0.1, -0.05) is 42.5 Å². The lowest BCUT2D eigenvalue weighted by atomic mass is 10.0. The van der Waals surface area contributed by atoms with E-state index in [1.807, 2.05) is 61.5 Å². The van der Waals surface area contributed by atoms with Crippen molar-refractivity contribution in [2.24, 2.45) is 0 Å². The Kier molecular flexibility index (Phi) is 5.90. The molecule has 0 aliphatic carbocycles. The van der Waals surface area contributed by atoms with E-state index in [1.165, 1.54) is 11.3 Å². The molecule has 33 heavy (non-hydrogen) atoms. The van der Waals surface area contributed by atoms with Crippen molar-refractivity contribution < 1.29 is 14.3 Å². The second-order valence-corrected chi connectivity index (χ2v) is 8.88. The van der Waals surface area contributed by atoms with Gasteiger partial charge in [0.05, 0.1) is 24.3 Å². The van der Waals surface area contributed by atoms with Crippen LogP contribution in [0.3, 0.4) is 0 Å². The molecular formula is C26H23N3O3S. The summed E-state index contributed by atoms with van der Waals surface area (Å²) in [7, 11) is 0. The fourth-order valence-electron chi connectivity index (χ4n) is 4.12. The Morgan fingerprint density at radius 2 is 1.79 bits per heavy atom. The fraction of sp³-hybridized carbons (Fsp3) is 0.192. The van der Waals surface area contributed by atoms with E-state index < -0.39 is 0 Å². The minimum atomic E-state index is -0.259. The van der Waals surface area contributed by atoms with Crippen LogP contribution in [0.5, 0.6) is 0 Å². The van der Waals surface area contributed by atoms with E-state index in [4.69, 9.17) is 4.74 Å². The van der Waals surface area contributed by atoms with E-state index in [1.54, 1.807) is 17.2 Å². The highest BCUT2D eigenvalue weighted by Crippen LogP contribution is 2.41. The molecule has 2 aromatic heterocycles. The Labute approximate surface area is 195 Å². The maximum absolute atomic E-state index is 13.5. The molecule has 4 aromatic rings. The van der Waals surface area contributed by atoms with Gasteiger partial charge in [-0.05, 0) is 36.2 Å². The standard InChI is InChI=1S/C26H23N3O3S/c1-17-22(26(31)29-13-15-32-16-14-29)25(33-23(17)18-7-3-2-4-8-18)28-24(30)20-9-5-11-21-19(20)10-6-12-27-21/h2-12H,13-16H2,1H3,(H,28,30). The Balaban J connectivity index is 1.56. The van der Waals surface area contributed by atoms with Crippen molar-refractivity contribution in [3.8, 4) is 10.4 Å². The van der Waals surface area contributed by atoms with Gasteiger partial charge in [0.15, 0.2) is 0 Å². The average molecular weight is 458 g/mol. The average Bonchev–Trinajstić information content (AvgIpc) is 3.19. The van der Waals surface area contributed by atoms with Gasteiger partial charge in [0, 0.05) is 35.1 Å². The van der Waals surface area contributed by atoms with Crippen molar-refractivity contribution in [2.75, 3.05) is 31.6 Å². The number of fused-ring (bicyclic) bond motifs is 1. The number of benzene rings is 2. The summed E-state index contributed by atoms with van der Waals surface area (Å²) in [6.07, 6.45) is 1.71. The maximum atomic E-state index is 13.5. The lowest BCUT2D eigenvalue weighted by Gasteiger charge is -2.27. The first-order valence-corrected chi connectivity index (χ1v) is 11.7. The van der Waals surface area contributed by atoms with Gasteiger partial charge in [-0.3, -0.25) is 14.6 Å². The summed E-state index contributed by atoms with van der Waals surface area (Å²) in [6, 6.07) is 19.1. The largest absolute Gasteiger partial charge is 0.378 e. The van der Waals surface area contributed by atoms with Gasteiger partial charge in [-0.25, -0.2) is 0 Å². The first-order valence-electron chi connectivity index (χ1n) is 10.8. The fourth-order valence-corrected chi connectivity index (χ4v) is 5.32. The van der Waals surface area contributed by atoms with Gasteiger partial charge >= 0.3 is 0 Å². The maximum Gasteiger partial charge on any atom is 0.257 e. The molecule has 0 spiro atoms. The molecule has 3 heterocycles. The topological polar surface area (TPSA) is 71.5 Å². The molecule has 1 aliphatic heterocycles. The molecule has 1 N–H and O–H groups in total. The van der Waals surface area contributed by atoms with Gasteiger partial charge in [0.2, 0.25) is 0 Å². The number of carbonyl (C=O) groups excluding carboxylic acids is 2. The number of hydrogen-bond acceptors (Lipinski definition) is 5. The van der Waals surface area contributed by atoms with Crippen LogP contribution in [0.1, 0.15) is 26.3 Å². The highest BCUT2D eigenvalue weighted by Gasteiger charge is 2.28. The van der Waals surface area contributed by atoms with Crippen LogP contribution in [0, 0.1) is 6.92 Å². The van der Waals surface area contributed by atoms with Crippen LogP contribution >= 0.6 is 11.3 Å². The third-order valence-electron chi connectivity index (χ3n) is 5.81. The SMILES string of the molecule is Cc1c(-c2ccccc2)sc(NC(=O)c2cccc3ncccc23)c1C(=O)N1CCOCC1. The number of thiophene rings is 1. The van der Waals surface area contributed by atoms with Crippen molar-refractivity contribution in [3.05, 3.63) is 83.6 Å². The van der Waals surface area contributed by atoms with Crippen LogP contribution in [0.15, 0.2) is 66.9 Å². The molecule has 1 saturated heterocycles. The minimum absolute atomic E-state index is 0.0795. The summed E-state index contributed by atoms with van der Waals surface area (Å²) >= 11 is 1.43. The highest BCUT2D eigenvalue weighted by molar-refractivity contribution is 7.20. The molecule has 2 aromatic carbocycles. The highest BCUT2D eigenvalue weighted by atomic mass is 32.1. The van der Waals surface area contributed by atoms with Gasteiger partial charge in [-0.15, -0.1) is 11.3 Å². The summed E-state index contributed by atoms with van der Waals surface area (Å²) < 4.78 is 5.42. The second-order valence-electron chi connectivity index (χ2n) is 7.86. The minimum Gasteiger partial charge on any atom is -0.378 e. The Hall–Kier alpha value is -3.55. The van der Waals surface area contributed by atoms with Crippen LogP contribution in [0.4, 0.5) is 5.00 Å². The van der Waals surface area contributed by atoms with Crippen LogP contribution in [-0.2, 0) is 4.74 Å². The smallest absolute Gasteiger partial charge is 0.257 e. The summed E-state index contributed by atoms with van der Waals surface area (Å²) in [6.45, 7) is 4.06. The quantitative estimate of drug-likeness (QED) is 0.468. The van der Waals surface area contributed by atoms with E-state index in [0.29, 0.717) is 42.4 Å². The number of amides is 2. The number of carbonyl (C=O) groups is 2. The molecule has 0 unspecified atom stereocenters. The van der Waals surface area contributed by atoms with Crippen LogP contribution in [0.25, 0.3) is 21.3 Å². The number of anilines is 1. The third kappa shape index (κ3) is 4.13. The molecule has 0 bridgehead atoms. The van der Waals surface area contributed by atoms with Gasteiger partial charge in [0.25, 0.3) is 11.8 Å². The predicted molar refractivity (Wildman–Crippen MR) is 131 cm³/mol. The zero-order chi connectivity index (χ0) is 22.8. The molecule has 7 heteroatoms. The molecule has 0 radical (unpaired) electrons. The van der Waals surface area contributed by atoms with Crippen LogP contribution in [0.2, 0.25) is 0 Å². The second kappa shape index (κ2) is 9.13. The first kappa shape index (κ1) is 21.3. The molecule has 0 atom stereocenters. The van der Waals surface area contributed by atoms with E-state index in [0.717, 1.165) is 26.9 Å². The molecule has 166 valence electrons. The zero-order valence-corrected chi connectivity index (χ0v) is 19.0. The number of hydrogen-bond donors (Lipinski definition) is 1. The molecule has 6 nitrogen and oxygen atoms in total. The lowest BCUT2D eigenvalue weighted by Crippen LogP contribution is -2.41.